The standard InChI is InChI=1S/C18H24N2O4/c1-12(2)11-16(18(23)24)19-17(22)13-3-5-14(6-4-13)20-9-7-15(21)8-10-20/h3-6,12,16H,7-11H2,1-2H3,(H,19,22)(H,23,24). The zero-order valence-electron chi connectivity index (χ0n) is 14.1. The SMILES string of the molecule is CC(C)CC(NC(=O)c1ccc(N2CCC(=O)CC2)cc1)C(=O)O. The molecule has 1 fully saturated rings. The molecule has 1 aliphatic rings. The number of carbonyl (C=O) groups excluding carboxylic acids is 2. The molecule has 0 spiro atoms. The van der Waals surface area contributed by atoms with Crippen molar-refractivity contribution in [3.8, 4) is 0 Å². The number of aliphatic carboxylic acids is 1. The quantitative estimate of drug-likeness (QED) is 0.833. The number of amides is 1. The molecule has 0 bridgehead atoms. The zero-order valence-corrected chi connectivity index (χ0v) is 14.1. The highest BCUT2D eigenvalue weighted by atomic mass is 16.4. The fourth-order valence-electron chi connectivity index (χ4n) is 2.77. The van der Waals surface area contributed by atoms with Crippen LogP contribution in [0.1, 0.15) is 43.5 Å². The van der Waals surface area contributed by atoms with E-state index in [0.717, 1.165) is 5.69 Å². The van der Waals surface area contributed by atoms with Gasteiger partial charge in [0.05, 0.1) is 0 Å². The minimum Gasteiger partial charge on any atom is -0.480 e. The Hall–Kier alpha value is -2.37. The van der Waals surface area contributed by atoms with Crippen LogP contribution in [0.5, 0.6) is 0 Å². The van der Waals surface area contributed by atoms with E-state index in [4.69, 9.17) is 0 Å². The monoisotopic (exact) mass is 332 g/mol. The summed E-state index contributed by atoms with van der Waals surface area (Å²) in [5, 5.41) is 11.8. The molecule has 0 radical (unpaired) electrons. The summed E-state index contributed by atoms with van der Waals surface area (Å²) in [6.45, 7) is 5.22. The van der Waals surface area contributed by atoms with E-state index in [9.17, 15) is 19.5 Å². The van der Waals surface area contributed by atoms with Crippen molar-refractivity contribution in [1.29, 1.82) is 0 Å². The third kappa shape index (κ3) is 4.81. The van der Waals surface area contributed by atoms with Crippen molar-refractivity contribution in [3.05, 3.63) is 29.8 Å². The van der Waals surface area contributed by atoms with E-state index in [0.29, 0.717) is 37.9 Å². The first-order valence-corrected chi connectivity index (χ1v) is 8.27. The van der Waals surface area contributed by atoms with Crippen LogP contribution in [0.3, 0.4) is 0 Å². The lowest BCUT2D eigenvalue weighted by Crippen LogP contribution is -2.41. The number of nitrogens with zero attached hydrogens (tertiary/aromatic N) is 1. The molecular formula is C18H24N2O4. The zero-order chi connectivity index (χ0) is 17.7. The molecule has 0 saturated carbocycles. The van der Waals surface area contributed by atoms with E-state index in [1.54, 1.807) is 12.1 Å². The highest BCUT2D eigenvalue weighted by molar-refractivity contribution is 5.96. The molecule has 1 unspecified atom stereocenters. The molecule has 6 nitrogen and oxygen atoms in total. The van der Waals surface area contributed by atoms with E-state index >= 15 is 0 Å². The van der Waals surface area contributed by atoms with Gasteiger partial charge in [0.15, 0.2) is 0 Å². The first-order chi connectivity index (χ1) is 11.4. The van der Waals surface area contributed by atoms with Crippen molar-refractivity contribution in [2.75, 3.05) is 18.0 Å². The Bertz CT molecular complexity index is 600. The molecule has 130 valence electrons. The number of hydrogen-bond acceptors (Lipinski definition) is 4. The first-order valence-electron chi connectivity index (χ1n) is 8.27. The number of rotatable bonds is 6. The highest BCUT2D eigenvalue weighted by Gasteiger charge is 2.22. The summed E-state index contributed by atoms with van der Waals surface area (Å²) < 4.78 is 0. The Morgan fingerprint density at radius 3 is 2.25 bits per heavy atom. The normalized spacial score (nSPS) is 16.1. The first kappa shape index (κ1) is 18.0. The summed E-state index contributed by atoms with van der Waals surface area (Å²) in [7, 11) is 0. The maximum atomic E-state index is 12.2. The second kappa shape index (κ2) is 7.95. The van der Waals surface area contributed by atoms with Crippen LogP contribution in [0.2, 0.25) is 0 Å². The second-order valence-corrected chi connectivity index (χ2v) is 6.57. The molecule has 1 saturated heterocycles. The Balaban J connectivity index is 2.00. The predicted octanol–water partition coefficient (Wildman–Crippen LogP) is 2.08. The van der Waals surface area contributed by atoms with E-state index in [-0.39, 0.29) is 17.6 Å². The third-order valence-corrected chi connectivity index (χ3v) is 4.13. The van der Waals surface area contributed by atoms with Crippen molar-refractivity contribution < 1.29 is 19.5 Å². The molecule has 0 aliphatic carbocycles. The number of carboxylic acid groups (broad SMARTS) is 1. The smallest absolute Gasteiger partial charge is 0.326 e. The van der Waals surface area contributed by atoms with E-state index in [1.807, 2.05) is 26.0 Å². The molecule has 1 atom stereocenters. The molecule has 1 aromatic rings. The van der Waals surface area contributed by atoms with E-state index in [2.05, 4.69) is 10.2 Å². The number of carboxylic acids is 1. The van der Waals surface area contributed by atoms with Gasteiger partial charge in [0.1, 0.15) is 11.8 Å². The number of hydrogen-bond donors (Lipinski definition) is 2. The van der Waals surface area contributed by atoms with Crippen molar-refractivity contribution in [2.24, 2.45) is 5.92 Å². The molecule has 2 N–H and O–H groups in total. The van der Waals surface area contributed by atoms with Crippen molar-refractivity contribution in [2.45, 2.75) is 39.2 Å². The molecule has 1 aliphatic heterocycles. The lowest BCUT2D eigenvalue weighted by Gasteiger charge is -2.28. The van der Waals surface area contributed by atoms with Crippen molar-refractivity contribution in [1.82, 2.24) is 5.32 Å². The molecular weight excluding hydrogens is 308 g/mol. The molecule has 6 heteroatoms. The van der Waals surface area contributed by atoms with Gasteiger partial charge in [-0.25, -0.2) is 4.79 Å². The highest BCUT2D eigenvalue weighted by Crippen LogP contribution is 2.19. The molecule has 0 aromatic heterocycles. The number of anilines is 1. The molecule has 24 heavy (non-hydrogen) atoms. The second-order valence-electron chi connectivity index (χ2n) is 6.57. The topological polar surface area (TPSA) is 86.7 Å². The van der Waals surface area contributed by atoms with E-state index < -0.39 is 12.0 Å². The number of nitrogens with one attached hydrogen (secondary N) is 1. The number of Topliss-reactive ketones (excluding diaryl/α,β-unsaturated/α-hetero) is 1. The van der Waals surface area contributed by atoms with Crippen LogP contribution in [0, 0.1) is 5.92 Å². The van der Waals surface area contributed by atoms with Crippen LogP contribution in [0.15, 0.2) is 24.3 Å². The fourth-order valence-corrected chi connectivity index (χ4v) is 2.77. The Labute approximate surface area is 141 Å². The lowest BCUT2D eigenvalue weighted by atomic mass is 10.0. The number of piperidine rings is 1. The summed E-state index contributed by atoms with van der Waals surface area (Å²) in [5.41, 5.74) is 1.40. The maximum absolute atomic E-state index is 12.2. The Morgan fingerprint density at radius 1 is 1.17 bits per heavy atom. The van der Waals surface area contributed by atoms with Crippen LogP contribution in [-0.4, -0.2) is 41.9 Å². The average molecular weight is 332 g/mol. The predicted molar refractivity (Wildman–Crippen MR) is 91.2 cm³/mol. The minimum atomic E-state index is -1.02. The largest absolute Gasteiger partial charge is 0.480 e. The van der Waals surface area contributed by atoms with Crippen LogP contribution in [0.25, 0.3) is 0 Å². The average Bonchev–Trinajstić information content (AvgIpc) is 2.54. The summed E-state index contributed by atoms with van der Waals surface area (Å²) in [5.74, 6) is -0.947. The summed E-state index contributed by atoms with van der Waals surface area (Å²) in [4.78, 5) is 36.9. The van der Waals surface area contributed by atoms with Gasteiger partial charge in [-0.05, 0) is 36.6 Å². The van der Waals surface area contributed by atoms with Gasteiger partial charge in [-0.1, -0.05) is 13.8 Å². The fraction of sp³-hybridized carbons (Fsp3) is 0.500. The van der Waals surface area contributed by atoms with E-state index in [1.165, 1.54) is 0 Å². The van der Waals surface area contributed by atoms with Gasteiger partial charge >= 0.3 is 5.97 Å². The molecule has 2 rings (SSSR count). The van der Waals surface area contributed by atoms with Crippen LogP contribution >= 0.6 is 0 Å². The maximum Gasteiger partial charge on any atom is 0.326 e. The van der Waals surface area contributed by atoms with Gasteiger partial charge in [0.25, 0.3) is 5.91 Å². The number of ketones is 1. The van der Waals surface area contributed by atoms with Gasteiger partial charge < -0.3 is 15.3 Å². The molecule has 1 amide bonds. The summed E-state index contributed by atoms with van der Waals surface area (Å²) >= 11 is 0. The van der Waals surface area contributed by atoms with Crippen LogP contribution in [0.4, 0.5) is 5.69 Å². The summed E-state index contributed by atoms with van der Waals surface area (Å²) in [6.07, 6.45) is 1.50. The third-order valence-electron chi connectivity index (χ3n) is 4.13. The van der Waals surface area contributed by atoms with Crippen molar-refractivity contribution >= 4 is 23.3 Å². The van der Waals surface area contributed by atoms with Gasteiger partial charge in [0, 0.05) is 37.2 Å². The van der Waals surface area contributed by atoms with Crippen molar-refractivity contribution in [3.63, 3.8) is 0 Å². The Kier molecular flexibility index (Phi) is 5.95. The van der Waals surface area contributed by atoms with Gasteiger partial charge in [-0.3, -0.25) is 9.59 Å². The van der Waals surface area contributed by atoms with Gasteiger partial charge in [0.2, 0.25) is 0 Å². The number of carbonyl (C=O) groups is 3. The summed E-state index contributed by atoms with van der Waals surface area (Å²) in [6, 6.07) is 6.17. The molecule has 1 heterocycles. The Morgan fingerprint density at radius 2 is 1.75 bits per heavy atom. The molecule has 1 aromatic carbocycles. The van der Waals surface area contributed by atoms with Crippen LogP contribution < -0.4 is 10.2 Å². The number of benzene rings is 1. The van der Waals surface area contributed by atoms with Gasteiger partial charge in [-0.15, -0.1) is 0 Å². The van der Waals surface area contributed by atoms with Crippen LogP contribution in [-0.2, 0) is 9.59 Å². The van der Waals surface area contributed by atoms with Gasteiger partial charge in [-0.2, -0.15) is 0 Å². The lowest BCUT2D eigenvalue weighted by molar-refractivity contribution is -0.139. The minimum absolute atomic E-state index is 0.176.